The van der Waals surface area contributed by atoms with Crippen molar-refractivity contribution >= 4 is 33.1 Å². The Bertz CT molecular complexity index is 1570. The SMILES string of the molecule is Cc1cccc(-n2nc(C(=O)Nc3nc(-c4ccc5ccccc5c4)cs3)c(O)cc2=O)c1. The van der Waals surface area contributed by atoms with Crippen LogP contribution in [0.3, 0.4) is 0 Å². The number of hydrogen-bond donors (Lipinski definition) is 2. The monoisotopic (exact) mass is 454 g/mol. The smallest absolute Gasteiger partial charge is 0.281 e. The summed E-state index contributed by atoms with van der Waals surface area (Å²) in [6.07, 6.45) is 0. The van der Waals surface area contributed by atoms with Crippen LogP contribution in [0.25, 0.3) is 27.7 Å². The number of nitrogens with zero attached hydrogens (tertiary/aromatic N) is 3. The van der Waals surface area contributed by atoms with Gasteiger partial charge in [-0.05, 0) is 41.5 Å². The van der Waals surface area contributed by atoms with Gasteiger partial charge in [-0.1, -0.05) is 48.5 Å². The number of anilines is 1. The first kappa shape index (κ1) is 20.6. The molecule has 0 fully saturated rings. The predicted molar refractivity (Wildman–Crippen MR) is 129 cm³/mol. The molecule has 0 aliphatic carbocycles. The Labute approximate surface area is 192 Å². The first-order chi connectivity index (χ1) is 16.0. The number of rotatable bonds is 4. The van der Waals surface area contributed by atoms with E-state index in [9.17, 15) is 14.7 Å². The highest BCUT2D eigenvalue weighted by atomic mass is 32.1. The largest absolute Gasteiger partial charge is 0.505 e. The molecule has 0 saturated heterocycles. The summed E-state index contributed by atoms with van der Waals surface area (Å²) in [6, 6.07) is 22.2. The Morgan fingerprint density at radius 1 is 1.00 bits per heavy atom. The predicted octanol–water partition coefficient (Wildman–Crippen LogP) is 4.78. The molecular formula is C25H18N4O3S. The number of benzene rings is 3. The minimum Gasteiger partial charge on any atom is -0.505 e. The highest BCUT2D eigenvalue weighted by Crippen LogP contribution is 2.28. The molecule has 0 aliphatic rings. The lowest BCUT2D eigenvalue weighted by molar-refractivity contribution is 0.101. The summed E-state index contributed by atoms with van der Waals surface area (Å²) in [7, 11) is 0. The van der Waals surface area contributed by atoms with Gasteiger partial charge in [0.1, 0.15) is 0 Å². The van der Waals surface area contributed by atoms with Crippen LogP contribution in [-0.4, -0.2) is 25.8 Å². The van der Waals surface area contributed by atoms with E-state index in [1.165, 1.54) is 11.3 Å². The number of aryl methyl sites for hydroxylation is 1. The second kappa shape index (κ2) is 8.33. The molecule has 1 amide bonds. The minimum atomic E-state index is -0.659. The van der Waals surface area contributed by atoms with Gasteiger partial charge in [-0.3, -0.25) is 14.9 Å². The molecule has 3 aromatic carbocycles. The van der Waals surface area contributed by atoms with Gasteiger partial charge < -0.3 is 5.11 Å². The Kier molecular flexibility index (Phi) is 5.20. The normalized spacial score (nSPS) is 10.9. The molecule has 33 heavy (non-hydrogen) atoms. The number of fused-ring (bicyclic) bond motifs is 1. The Hall–Kier alpha value is -4.30. The van der Waals surface area contributed by atoms with Crippen LogP contribution in [0.15, 0.2) is 83.0 Å². The zero-order valence-corrected chi connectivity index (χ0v) is 18.3. The van der Waals surface area contributed by atoms with Gasteiger partial charge in [0.05, 0.1) is 11.4 Å². The molecule has 162 valence electrons. The molecule has 0 bridgehead atoms. The molecule has 2 N–H and O–H groups in total. The summed E-state index contributed by atoms with van der Waals surface area (Å²) in [6.45, 7) is 1.89. The maximum Gasteiger partial charge on any atom is 0.281 e. The summed E-state index contributed by atoms with van der Waals surface area (Å²) in [5.74, 6) is -1.15. The van der Waals surface area contributed by atoms with E-state index >= 15 is 0 Å². The van der Waals surface area contributed by atoms with Crippen molar-refractivity contribution in [3.8, 4) is 22.7 Å². The van der Waals surface area contributed by atoms with Gasteiger partial charge in [-0.25, -0.2) is 4.98 Å². The van der Waals surface area contributed by atoms with Gasteiger partial charge in [0.2, 0.25) is 0 Å². The van der Waals surface area contributed by atoms with Crippen molar-refractivity contribution in [2.45, 2.75) is 6.92 Å². The second-order valence-corrected chi connectivity index (χ2v) is 8.38. The number of carbonyl (C=O) groups excluding carboxylic acids is 1. The van der Waals surface area contributed by atoms with Crippen molar-refractivity contribution in [1.29, 1.82) is 0 Å². The van der Waals surface area contributed by atoms with Gasteiger partial charge in [-0.15, -0.1) is 11.3 Å². The second-order valence-electron chi connectivity index (χ2n) is 7.52. The van der Waals surface area contributed by atoms with E-state index in [2.05, 4.69) is 15.4 Å². The van der Waals surface area contributed by atoms with Gasteiger partial charge in [0.25, 0.3) is 11.5 Å². The zero-order chi connectivity index (χ0) is 22.9. The van der Waals surface area contributed by atoms with Crippen molar-refractivity contribution in [3.05, 3.63) is 99.8 Å². The van der Waals surface area contributed by atoms with Crippen LogP contribution in [0, 0.1) is 6.92 Å². The zero-order valence-electron chi connectivity index (χ0n) is 17.5. The summed E-state index contributed by atoms with van der Waals surface area (Å²) in [5, 5.41) is 21.4. The molecule has 0 unspecified atom stereocenters. The molecule has 5 aromatic rings. The molecular weight excluding hydrogens is 436 g/mol. The average molecular weight is 455 g/mol. The maximum atomic E-state index is 12.8. The van der Waals surface area contributed by atoms with Crippen molar-refractivity contribution in [2.75, 3.05) is 5.32 Å². The first-order valence-corrected chi connectivity index (χ1v) is 11.0. The fraction of sp³-hybridized carbons (Fsp3) is 0.0400. The average Bonchev–Trinajstić information content (AvgIpc) is 3.27. The number of nitrogens with one attached hydrogen (secondary N) is 1. The number of thiazole rings is 1. The number of amides is 1. The highest BCUT2D eigenvalue weighted by molar-refractivity contribution is 7.14. The Morgan fingerprint density at radius 2 is 1.82 bits per heavy atom. The van der Waals surface area contributed by atoms with E-state index in [-0.39, 0.29) is 5.69 Å². The Morgan fingerprint density at radius 3 is 2.64 bits per heavy atom. The van der Waals surface area contributed by atoms with Gasteiger partial charge in [-0.2, -0.15) is 9.78 Å². The van der Waals surface area contributed by atoms with E-state index < -0.39 is 17.2 Å². The molecule has 2 aromatic heterocycles. The summed E-state index contributed by atoms with van der Waals surface area (Å²) in [4.78, 5) is 29.7. The van der Waals surface area contributed by atoms with Gasteiger partial charge in [0.15, 0.2) is 16.6 Å². The standard InChI is InChI=1S/C25H18N4O3S/c1-15-5-4-8-19(11-15)29-22(31)13-21(30)23(28-29)24(32)27-25-26-20(14-33-25)18-10-9-16-6-2-3-7-17(16)12-18/h2-14,30H,1H3,(H,26,27,32). The van der Waals surface area contributed by atoms with E-state index in [0.717, 1.165) is 38.3 Å². The van der Waals surface area contributed by atoms with Crippen LogP contribution >= 0.6 is 11.3 Å². The molecule has 0 spiro atoms. The number of carbonyl (C=O) groups is 1. The number of aromatic hydroxyl groups is 1. The van der Waals surface area contributed by atoms with Crippen LogP contribution in [0.4, 0.5) is 5.13 Å². The highest BCUT2D eigenvalue weighted by Gasteiger charge is 2.18. The van der Waals surface area contributed by atoms with E-state index in [4.69, 9.17) is 0 Å². The number of hydrogen-bond acceptors (Lipinski definition) is 6. The lowest BCUT2D eigenvalue weighted by atomic mass is 10.1. The summed E-state index contributed by atoms with van der Waals surface area (Å²) >= 11 is 1.26. The molecule has 0 saturated carbocycles. The maximum absolute atomic E-state index is 12.8. The van der Waals surface area contributed by atoms with E-state index in [1.807, 2.05) is 60.8 Å². The molecule has 7 nitrogen and oxygen atoms in total. The van der Waals surface area contributed by atoms with E-state index in [1.54, 1.807) is 18.2 Å². The summed E-state index contributed by atoms with van der Waals surface area (Å²) in [5.41, 5.74) is 2.29. The third kappa shape index (κ3) is 4.11. The van der Waals surface area contributed by atoms with Crippen LogP contribution in [0.2, 0.25) is 0 Å². The molecule has 0 atom stereocenters. The fourth-order valence-electron chi connectivity index (χ4n) is 3.52. The minimum absolute atomic E-state index is 0.265. The van der Waals surface area contributed by atoms with Crippen molar-refractivity contribution in [1.82, 2.24) is 14.8 Å². The van der Waals surface area contributed by atoms with Crippen LogP contribution in [0.1, 0.15) is 16.1 Å². The van der Waals surface area contributed by atoms with Gasteiger partial charge in [0, 0.05) is 17.0 Å². The quantitative estimate of drug-likeness (QED) is 0.408. The third-order valence-electron chi connectivity index (χ3n) is 5.14. The Balaban J connectivity index is 1.42. The lowest BCUT2D eigenvalue weighted by Crippen LogP contribution is -2.25. The molecule has 2 heterocycles. The van der Waals surface area contributed by atoms with Crippen LogP contribution in [0.5, 0.6) is 5.75 Å². The van der Waals surface area contributed by atoms with Gasteiger partial charge >= 0.3 is 0 Å². The van der Waals surface area contributed by atoms with Crippen molar-refractivity contribution < 1.29 is 9.90 Å². The van der Waals surface area contributed by atoms with Crippen LogP contribution in [-0.2, 0) is 0 Å². The van der Waals surface area contributed by atoms with Crippen molar-refractivity contribution in [2.24, 2.45) is 0 Å². The van der Waals surface area contributed by atoms with E-state index in [0.29, 0.717) is 10.8 Å². The molecule has 0 aliphatic heterocycles. The fourth-order valence-corrected chi connectivity index (χ4v) is 4.24. The molecule has 5 rings (SSSR count). The first-order valence-electron chi connectivity index (χ1n) is 10.1. The molecule has 8 heteroatoms. The summed E-state index contributed by atoms with van der Waals surface area (Å²) < 4.78 is 1.09. The van der Waals surface area contributed by atoms with Crippen LogP contribution < -0.4 is 10.9 Å². The van der Waals surface area contributed by atoms with Crippen molar-refractivity contribution in [3.63, 3.8) is 0 Å². The third-order valence-corrected chi connectivity index (χ3v) is 5.90. The molecule has 0 radical (unpaired) electrons. The number of aromatic nitrogens is 3. The lowest BCUT2D eigenvalue weighted by Gasteiger charge is -2.09. The topological polar surface area (TPSA) is 97.1 Å².